The summed E-state index contributed by atoms with van der Waals surface area (Å²) >= 11 is 0. The molecule has 4 aromatic rings. The van der Waals surface area contributed by atoms with Crippen LogP contribution in [-0.2, 0) is 11.3 Å². The number of aromatic nitrogens is 5. The molecule has 9 nitrogen and oxygen atoms in total. The van der Waals surface area contributed by atoms with Crippen LogP contribution in [-0.4, -0.2) is 87.1 Å². The Labute approximate surface area is 219 Å². The van der Waals surface area contributed by atoms with Crippen LogP contribution in [0, 0.1) is 18.6 Å². The summed E-state index contributed by atoms with van der Waals surface area (Å²) in [6.07, 6.45) is 1.19. The zero-order chi connectivity index (χ0) is 27.5. The summed E-state index contributed by atoms with van der Waals surface area (Å²) in [4.78, 5) is 10.1. The maximum atomic E-state index is 15.4. The molecular formula is C25H26F5N7O2. The van der Waals surface area contributed by atoms with Crippen molar-refractivity contribution in [1.82, 2.24) is 29.0 Å². The summed E-state index contributed by atoms with van der Waals surface area (Å²) in [6, 6.07) is 1.39. The molecular weight excluding hydrogens is 525 g/mol. The van der Waals surface area contributed by atoms with Gasteiger partial charge in [0.1, 0.15) is 23.5 Å². The molecule has 6 rings (SSSR count). The first-order chi connectivity index (χ1) is 18.7. The van der Waals surface area contributed by atoms with E-state index in [1.807, 2.05) is 0 Å². The van der Waals surface area contributed by atoms with Gasteiger partial charge in [-0.2, -0.15) is 4.98 Å². The van der Waals surface area contributed by atoms with Crippen molar-refractivity contribution in [3.63, 3.8) is 0 Å². The number of piperidine rings is 1. The Morgan fingerprint density at radius 3 is 2.64 bits per heavy atom. The smallest absolute Gasteiger partial charge is 0.280 e. The van der Waals surface area contributed by atoms with Crippen LogP contribution in [0.5, 0.6) is 5.88 Å². The van der Waals surface area contributed by atoms with E-state index in [-0.39, 0.29) is 53.0 Å². The van der Waals surface area contributed by atoms with Crippen molar-refractivity contribution in [2.45, 2.75) is 37.9 Å². The fourth-order valence-corrected chi connectivity index (χ4v) is 5.35. The lowest BCUT2D eigenvalue weighted by atomic mass is 9.98. The molecule has 1 aromatic carbocycles. The van der Waals surface area contributed by atoms with Crippen LogP contribution in [0.25, 0.3) is 27.7 Å². The lowest BCUT2D eigenvalue weighted by Gasteiger charge is -2.44. The third-order valence-electron chi connectivity index (χ3n) is 7.41. The number of hydrogen-bond donors (Lipinski definition) is 1. The maximum absolute atomic E-state index is 15.4. The average molecular weight is 552 g/mol. The Kier molecular flexibility index (Phi) is 6.33. The van der Waals surface area contributed by atoms with Gasteiger partial charge >= 0.3 is 0 Å². The number of likely N-dealkylation sites (tertiary alicyclic amines) is 1. The van der Waals surface area contributed by atoms with Gasteiger partial charge in [0.2, 0.25) is 11.8 Å². The quantitative estimate of drug-likeness (QED) is 0.350. The molecule has 2 aliphatic heterocycles. The molecule has 1 atom stereocenters. The number of fused-ring (bicyclic) bond motifs is 2. The number of alkyl halides is 3. The molecule has 3 aromatic heterocycles. The maximum Gasteiger partial charge on any atom is 0.280 e. The van der Waals surface area contributed by atoms with Crippen LogP contribution in [0.1, 0.15) is 12.2 Å². The predicted molar refractivity (Wildman–Crippen MR) is 132 cm³/mol. The highest BCUT2D eigenvalue weighted by Crippen LogP contribution is 2.37. The standard InChI is InChI=1S/C25H26F5N7O2/c1-13-31-21-16(27)7-14(8-18(21)36(13)6-4-26)20-17(28)9-37-22(20)23(38-2)33-24(34-37)32-19-3-5-35(12-25(19,29)30)15-10-39-11-15/h7-9,15,19H,3-6,10-12H2,1-2H3,(H,32,34). The van der Waals surface area contributed by atoms with E-state index in [2.05, 4.69) is 20.4 Å². The molecule has 2 fully saturated rings. The third-order valence-corrected chi connectivity index (χ3v) is 7.41. The number of benzene rings is 1. The van der Waals surface area contributed by atoms with Crippen molar-refractivity contribution < 1.29 is 31.4 Å². The molecule has 0 bridgehead atoms. The number of nitrogens with zero attached hydrogens (tertiary/aromatic N) is 6. The highest BCUT2D eigenvalue weighted by Gasteiger charge is 2.47. The molecule has 0 radical (unpaired) electrons. The molecule has 0 spiro atoms. The zero-order valence-electron chi connectivity index (χ0n) is 21.2. The fraction of sp³-hybridized carbons (Fsp3) is 0.480. The molecule has 0 amide bonds. The van der Waals surface area contributed by atoms with Crippen molar-refractivity contribution in [3.05, 3.63) is 35.8 Å². The number of anilines is 1. The minimum atomic E-state index is -3.07. The first-order valence-corrected chi connectivity index (χ1v) is 12.5. The average Bonchev–Trinajstić information content (AvgIpc) is 3.35. The summed E-state index contributed by atoms with van der Waals surface area (Å²) in [5.41, 5.74) is 0.520. The number of rotatable bonds is 7. The summed E-state index contributed by atoms with van der Waals surface area (Å²) in [5, 5.41) is 6.91. The Morgan fingerprint density at radius 2 is 1.97 bits per heavy atom. The van der Waals surface area contributed by atoms with Crippen LogP contribution in [0.3, 0.4) is 0 Å². The molecule has 2 aliphatic rings. The summed E-state index contributed by atoms with van der Waals surface area (Å²) in [6.45, 7) is 1.82. The largest absolute Gasteiger partial charge is 0.479 e. The van der Waals surface area contributed by atoms with Gasteiger partial charge in [-0.3, -0.25) is 4.90 Å². The minimum absolute atomic E-state index is 0.00521. The van der Waals surface area contributed by atoms with Crippen LogP contribution in [0.15, 0.2) is 18.3 Å². The number of halogens is 5. The molecule has 1 unspecified atom stereocenters. The van der Waals surface area contributed by atoms with Gasteiger partial charge < -0.3 is 19.4 Å². The molecule has 1 N–H and O–H groups in total. The van der Waals surface area contributed by atoms with Gasteiger partial charge in [0.15, 0.2) is 11.6 Å². The zero-order valence-corrected chi connectivity index (χ0v) is 21.2. The van der Waals surface area contributed by atoms with Crippen LogP contribution in [0.4, 0.5) is 27.9 Å². The second-order valence-corrected chi connectivity index (χ2v) is 9.82. The van der Waals surface area contributed by atoms with Crippen molar-refractivity contribution >= 4 is 22.5 Å². The molecule has 39 heavy (non-hydrogen) atoms. The van der Waals surface area contributed by atoms with Gasteiger partial charge in [-0.1, -0.05) is 0 Å². The lowest BCUT2D eigenvalue weighted by Crippen LogP contribution is -2.61. The van der Waals surface area contributed by atoms with Crippen molar-refractivity contribution in [2.24, 2.45) is 0 Å². The van der Waals surface area contributed by atoms with Crippen LogP contribution in [0.2, 0.25) is 0 Å². The first kappa shape index (κ1) is 25.7. The van der Waals surface area contributed by atoms with E-state index in [9.17, 15) is 4.39 Å². The van der Waals surface area contributed by atoms with Gasteiger partial charge in [-0.15, -0.1) is 5.10 Å². The first-order valence-electron chi connectivity index (χ1n) is 12.5. The fourth-order valence-electron chi connectivity index (χ4n) is 5.35. The molecule has 2 saturated heterocycles. The molecule has 208 valence electrons. The molecule has 14 heteroatoms. The van der Waals surface area contributed by atoms with E-state index in [0.29, 0.717) is 31.1 Å². The minimum Gasteiger partial charge on any atom is -0.479 e. The number of methoxy groups -OCH3 is 1. The van der Waals surface area contributed by atoms with E-state index in [1.165, 1.54) is 17.7 Å². The normalized spacial score (nSPS) is 20.0. The topological polar surface area (TPSA) is 81.7 Å². The summed E-state index contributed by atoms with van der Waals surface area (Å²) < 4.78 is 86.7. The summed E-state index contributed by atoms with van der Waals surface area (Å²) in [5.74, 6) is -4.37. The van der Waals surface area contributed by atoms with Crippen LogP contribution >= 0.6 is 0 Å². The number of imidazole rings is 1. The Bertz CT molecular complexity index is 1550. The molecule has 0 saturated carbocycles. The second-order valence-electron chi connectivity index (χ2n) is 9.82. The monoisotopic (exact) mass is 551 g/mol. The van der Waals surface area contributed by atoms with E-state index in [0.717, 1.165) is 16.8 Å². The summed E-state index contributed by atoms with van der Waals surface area (Å²) in [7, 11) is 1.30. The van der Waals surface area contributed by atoms with Gasteiger partial charge in [-0.25, -0.2) is 31.5 Å². The third kappa shape index (κ3) is 4.35. The van der Waals surface area contributed by atoms with Gasteiger partial charge in [0.05, 0.1) is 62.8 Å². The Hall–Kier alpha value is -3.52. The van der Waals surface area contributed by atoms with E-state index >= 15 is 17.6 Å². The second kappa shape index (κ2) is 9.59. The van der Waals surface area contributed by atoms with Gasteiger partial charge in [0, 0.05) is 6.54 Å². The number of ether oxygens (including phenoxy) is 2. The number of aryl methyl sites for hydroxylation is 2. The van der Waals surface area contributed by atoms with Crippen molar-refractivity contribution in [3.8, 4) is 17.0 Å². The van der Waals surface area contributed by atoms with E-state index in [1.54, 1.807) is 11.8 Å². The van der Waals surface area contributed by atoms with Crippen molar-refractivity contribution in [2.75, 3.05) is 45.4 Å². The predicted octanol–water partition coefficient (Wildman–Crippen LogP) is 3.83. The molecule has 5 heterocycles. The highest BCUT2D eigenvalue weighted by molar-refractivity contribution is 5.90. The Morgan fingerprint density at radius 1 is 1.18 bits per heavy atom. The van der Waals surface area contributed by atoms with Gasteiger partial charge in [0.25, 0.3) is 5.92 Å². The number of nitrogens with one attached hydrogen (secondary N) is 1. The van der Waals surface area contributed by atoms with E-state index in [4.69, 9.17) is 9.47 Å². The SMILES string of the molecule is COc1nc(NC2CCN(C3COC3)CC2(F)F)nn2cc(F)c(-c3cc(F)c4nc(C)n(CCF)c4c3)c12. The molecule has 0 aliphatic carbocycles. The van der Waals surface area contributed by atoms with E-state index < -0.39 is 36.8 Å². The Balaban J connectivity index is 1.37. The number of hydrogen-bond acceptors (Lipinski definition) is 7. The lowest BCUT2D eigenvalue weighted by molar-refractivity contribution is -0.131. The van der Waals surface area contributed by atoms with Crippen LogP contribution < -0.4 is 10.1 Å². The van der Waals surface area contributed by atoms with Gasteiger partial charge in [-0.05, 0) is 31.0 Å². The highest BCUT2D eigenvalue weighted by atomic mass is 19.3. The van der Waals surface area contributed by atoms with Crippen molar-refractivity contribution in [1.29, 1.82) is 0 Å².